The fourth-order valence-corrected chi connectivity index (χ4v) is 1.12. The highest BCUT2D eigenvalue weighted by Crippen LogP contribution is 2.27. The standard InChI is InChI=1S/C13H19NO3/c1-6-13(9-14,8-7-10(2)15)11(16)17-12(3,4)5/h7-8H,6H2,1-5H3/b8-7-/t13-/m0/s1. The molecule has 0 aliphatic heterocycles. The van der Waals surface area contributed by atoms with Crippen molar-refractivity contribution < 1.29 is 14.3 Å². The quantitative estimate of drug-likeness (QED) is 0.556. The van der Waals surface area contributed by atoms with Gasteiger partial charge in [0.15, 0.2) is 11.2 Å². The van der Waals surface area contributed by atoms with Gasteiger partial charge >= 0.3 is 5.97 Å². The van der Waals surface area contributed by atoms with Crippen molar-refractivity contribution in [2.24, 2.45) is 5.41 Å². The largest absolute Gasteiger partial charge is 0.459 e. The van der Waals surface area contributed by atoms with Gasteiger partial charge in [-0.2, -0.15) is 5.26 Å². The van der Waals surface area contributed by atoms with Gasteiger partial charge in [0.2, 0.25) is 0 Å². The smallest absolute Gasteiger partial charge is 0.330 e. The van der Waals surface area contributed by atoms with Crippen LogP contribution < -0.4 is 0 Å². The van der Waals surface area contributed by atoms with Crippen LogP contribution in [0.4, 0.5) is 0 Å². The van der Waals surface area contributed by atoms with Crippen molar-refractivity contribution in [3.05, 3.63) is 12.2 Å². The molecule has 1 atom stereocenters. The number of esters is 1. The topological polar surface area (TPSA) is 67.2 Å². The molecule has 94 valence electrons. The maximum atomic E-state index is 11.9. The van der Waals surface area contributed by atoms with Crippen molar-refractivity contribution in [1.82, 2.24) is 0 Å². The summed E-state index contributed by atoms with van der Waals surface area (Å²) < 4.78 is 5.19. The maximum Gasteiger partial charge on any atom is 0.330 e. The van der Waals surface area contributed by atoms with Crippen molar-refractivity contribution in [2.45, 2.75) is 46.6 Å². The highest BCUT2D eigenvalue weighted by molar-refractivity contribution is 5.90. The van der Waals surface area contributed by atoms with Crippen LogP contribution in [0.15, 0.2) is 12.2 Å². The normalized spacial score (nSPS) is 15.1. The molecule has 0 aliphatic rings. The maximum absolute atomic E-state index is 11.9. The lowest BCUT2D eigenvalue weighted by Gasteiger charge is -2.26. The first-order valence-corrected chi connectivity index (χ1v) is 5.51. The van der Waals surface area contributed by atoms with E-state index in [4.69, 9.17) is 10.00 Å². The van der Waals surface area contributed by atoms with Crippen molar-refractivity contribution in [2.75, 3.05) is 0 Å². The second-order valence-electron chi connectivity index (χ2n) is 4.88. The van der Waals surface area contributed by atoms with E-state index in [0.29, 0.717) is 0 Å². The van der Waals surface area contributed by atoms with Crippen LogP contribution in [0, 0.1) is 16.7 Å². The van der Waals surface area contributed by atoms with Crippen molar-refractivity contribution in [1.29, 1.82) is 5.26 Å². The van der Waals surface area contributed by atoms with Gasteiger partial charge in [0.05, 0.1) is 6.07 Å². The summed E-state index contributed by atoms with van der Waals surface area (Å²) in [5.74, 6) is -0.825. The van der Waals surface area contributed by atoms with Crippen molar-refractivity contribution in [3.63, 3.8) is 0 Å². The Morgan fingerprint density at radius 3 is 2.18 bits per heavy atom. The minimum absolute atomic E-state index is 0.207. The van der Waals surface area contributed by atoms with Crippen LogP contribution in [0.3, 0.4) is 0 Å². The third kappa shape index (κ3) is 4.81. The van der Waals surface area contributed by atoms with E-state index in [1.54, 1.807) is 27.7 Å². The number of carbonyl (C=O) groups excluding carboxylic acids is 2. The van der Waals surface area contributed by atoms with Crippen molar-refractivity contribution >= 4 is 11.8 Å². The van der Waals surface area contributed by atoms with Crippen LogP contribution in [-0.2, 0) is 14.3 Å². The Morgan fingerprint density at radius 2 is 1.88 bits per heavy atom. The molecule has 17 heavy (non-hydrogen) atoms. The number of allylic oxidation sites excluding steroid dienone is 1. The Labute approximate surface area is 102 Å². The molecular weight excluding hydrogens is 218 g/mol. The summed E-state index contributed by atoms with van der Waals surface area (Å²) in [5, 5.41) is 9.14. The second-order valence-corrected chi connectivity index (χ2v) is 4.88. The molecule has 0 rings (SSSR count). The molecule has 0 bridgehead atoms. The molecule has 0 aromatic rings. The first kappa shape index (κ1) is 15.4. The summed E-state index contributed by atoms with van der Waals surface area (Å²) >= 11 is 0. The van der Waals surface area contributed by atoms with Crippen LogP contribution in [0.25, 0.3) is 0 Å². The summed E-state index contributed by atoms with van der Waals surface area (Å²) in [6, 6.07) is 1.93. The zero-order valence-electron chi connectivity index (χ0n) is 11.0. The fourth-order valence-electron chi connectivity index (χ4n) is 1.12. The zero-order valence-corrected chi connectivity index (χ0v) is 11.0. The molecular formula is C13H19NO3. The van der Waals surface area contributed by atoms with Crippen molar-refractivity contribution in [3.8, 4) is 6.07 Å². The molecule has 0 amide bonds. The van der Waals surface area contributed by atoms with Gasteiger partial charge < -0.3 is 4.74 Å². The number of rotatable bonds is 4. The third-order valence-corrected chi connectivity index (χ3v) is 2.12. The van der Waals surface area contributed by atoms with E-state index >= 15 is 0 Å². The van der Waals surface area contributed by atoms with Gasteiger partial charge in [-0.05, 0) is 46.3 Å². The Hall–Kier alpha value is -1.63. The molecule has 4 heteroatoms. The minimum atomic E-state index is -1.38. The SMILES string of the molecule is CC[C@@](C#N)(/C=C\C(C)=O)C(=O)OC(C)(C)C. The number of nitrogens with zero attached hydrogens (tertiary/aromatic N) is 1. The summed E-state index contributed by atoms with van der Waals surface area (Å²) in [6.07, 6.45) is 2.82. The van der Waals surface area contributed by atoms with E-state index < -0.39 is 17.0 Å². The highest BCUT2D eigenvalue weighted by Gasteiger charge is 2.38. The van der Waals surface area contributed by atoms with Gasteiger partial charge in [0.1, 0.15) is 5.60 Å². The molecule has 0 saturated heterocycles. The lowest BCUT2D eigenvalue weighted by Crippen LogP contribution is -2.35. The summed E-state index contributed by atoms with van der Waals surface area (Å²) in [5.41, 5.74) is -2.03. The zero-order chi connectivity index (χ0) is 13.7. The molecule has 0 saturated carbocycles. The van der Waals surface area contributed by atoms with Crippen LogP contribution >= 0.6 is 0 Å². The monoisotopic (exact) mass is 237 g/mol. The van der Waals surface area contributed by atoms with E-state index in [9.17, 15) is 9.59 Å². The Balaban J connectivity index is 5.16. The lowest BCUT2D eigenvalue weighted by atomic mass is 9.86. The summed E-state index contributed by atoms with van der Waals surface area (Å²) in [6.45, 7) is 8.27. The average molecular weight is 237 g/mol. The van der Waals surface area contributed by atoms with Gasteiger partial charge in [-0.25, -0.2) is 4.79 Å². The minimum Gasteiger partial charge on any atom is -0.459 e. The highest BCUT2D eigenvalue weighted by atomic mass is 16.6. The fraction of sp³-hybridized carbons (Fsp3) is 0.615. The molecule has 4 nitrogen and oxygen atoms in total. The molecule has 0 radical (unpaired) electrons. The van der Waals surface area contributed by atoms with E-state index in [0.717, 1.165) is 0 Å². The average Bonchev–Trinajstić information content (AvgIpc) is 2.17. The second kappa shape index (κ2) is 5.62. The van der Waals surface area contributed by atoms with Crippen LogP contribution in [0.2, 0.25) is 0 Å². The number of ketones is 1. The van der Waals surface area contributed by atoms with Gasteiger partial charge in [-0.3, -0.25) is 4.79 Å². The van der Waals surface area contributed by atoms with Crippen LogP contribution in [0.5, 0.6) is 0 Å². The number of hydrogen-bond acceptors (Lipinski definition) is 4. The van der Waals surface area contributed by atoms with Gasteiger partial charge in [-0.1, -0.05) is 6.92 Å². The molecule has 0 N–H and O–H groups in total. The predicted octanol–water partition coefficient (Wildman–Crippen LogP) is 2.39. The van der Waals surface area contributed by atoms with Crippen LogP contribution in [0.1, 0.15) is 41.0 Å². The molecule has 0 fully saturated rings. The van der Waals surface area contributed by atoms with Gasteiger partial charge in [0, 0.05) is 0 Å². The first-order valence-electron chi connectivity index (χ1n) is 5.51. The molecule has 0 heterocycles. The number of nitriles is 1. The Kier molecular flexibility index (Phi) is 5.09. The van der Waals surface area contributed by atoms with E-state index in [-0.39, 0.29) is 12.2 Å². The molecule has 0 aromatic carbocycles. The van der Waals surface area contributed by atoms with E-state index in [1.807, 2.05) is 6.07 Å². The molecule has 0 aliphatic carbocycles. The molecule has 0 aromatic heterocycles. The number of ether oxygens (including phenoxy) is 1. The third-order valence-electron chi connectivity index (χ3n) is 2.12. The van der Waals surface area contributed by atoms with E-state index in [2.05, 4.69) is 0 Å². The van der Waals surface area contributed by atoms with Gasteiger partial charge in [0.25, 0.3) is 0 Å². The number of hydrogen-bond donors (Lipinski definition) is 0. The summed E-state index contributed by atoms with van der Waals surface area (Å²) in [4.78, 5) is 22.8. The van der Waals surface area contributed by atoms with E-state index in [1.165, 1.54) is 19.1 Å². The van der Waals surface area contributed by atoms with Gasteiger partial charge in [-0.15, -0.1) is 0 Å². The number of carbonyl (C=O) groups is 2. The predicted molar refractivity (Wildman–Crippen MR) is 64.0 cm³/mol. The van der Waals surface area contributed by atoms with Crippen LogP contribution in [-0.4, -0.2) is 17.4 Å². The molecule has 0 unspecified atom stereocenters. The lowest BCUT2D eigenvalue weighted by molar-refractivity contribution is -0.161. The summed E-state index contributed by atoms with van der Waals surface area (Å²) in [7, 11) is 0. The molecule has 0 spiro atoms. The Morgan fingerprint density at radius 1 is 1.35 bits per heavy atom. The first-order chi connectivity index (χ1) is 7.67. The Bertz CT molecular complexity index is 371.